The molecule has 4 rings (SSSR count). The van der Waals surface area contributed by atoms with Crippen LogP contribution in [0.15, 0.2) is 83.5 Å². The van der Waals surface area contributed by atoms with E-state index in [9.17, 15) is 14.4 Å². The first kappa shape index (κ1) is 22.4. The van der Waals surface area contributed by atoms with Crippen molar-refractivity contribution >= 4 is 52.4 Å². The second-order valence-corrected chi connectivity index (χ2v) is 7.64. The van der Waals surface area contributed by atoms with Crippen molar-refractivity contribution in [2.24, 2.45) is 0 Å². The van der Waals surface area contributed by atoms with Gasteiger partial charge in [-0.1, -0.05) is 41.4 Å². The highest BCUT2D eigenvalue weighted by atomic mass is 35.5. The van der Waals surface area contributed by atoms with Crippen LogP contribution >= 0.6 is 23.2 Å². The topological polar surface area (TPSA) is 84.9 Å². The van der Waals surface area contributed by atoms with Gasteiger partial charge in [0.25, 0.3) is 11.8 Å². The first-order valence-corrected chi connectivity index (χ1v) is 10.4. The minimum absolute atomic E-state index is 0.0895. The van der Waals surface area contributed by atoms with Crippen molar-refractivity contribution in [3.05, 3.63) is 94.1 Å². The zero-order valence-corrected chi connectivity index (χ0v) is 18.7. The van der Waals surface area contributed by atoms with Crippen LogP contribution in [-0.2, 0) is 9.59 Å². The van der Waals surface area contributed by atoms with E-state index >= 15 is 0 Å². The van der Waals surface area contributed by atoms with Crippen molar-refractivity contribution in [1.29, 1.82) is 0 Å². The van der Waals surface area contributed by atoms with E-state index in [2.05, 4.69) is 5.32 Å². The standard InChI is InChI=1S/C24H16Cl2N2O5/c1-32-16-5-4-6-17(13-16)33-24(31)14-9-11-15(12-10-14)27-21-20(26)22(29)28(23(21)30)19-8-3-2-7-18(19)25/h2-13,27H,1H3. The first-order chi connectivity index (χ1) is 15.9. The molecule has 3 aromatic carbocycles. The van der Waals surface area contributed by atoms with E-state index in [0.717, 1.165) is 4.90 Å². The van der Waals surface area contributed by atoms with E-state index in [1.807, 2.05) is 0 Å². The third kappa shape index (κ3) is 4.55. The molecule has 0 unspecified atom stereocenters. The Kier molecular flexibility index (Phi) is 6.35. The molecule has 0 radical (unpaired) electrons. The molecule has 166 valence electrons. The Morgan fingerprint density at radius 2 is 1.58 bits per heavy atom. The van der Waals surface area contributed by atoms with Gasteiger partial charge in [-0.05, 0) is 48.5 Å². The molecule has 0 spiro atoms. The number of hydrogen-bond acceptors (Lipinski definition) is 6. The van der Waals surface area contributed by atoms with Crippen molar-refractivity contribution in [2.45, 2.75) is 0 Å². The lowest BCUT2D eigenvalue weighted by Gasteiger charge is -2.16. The monoisotopic (exact) mass is 482 g/mol. The summed E-state index contributed by atoms with van der Waals surface area (Å²) in [5, 5.41) is 2.82. The fourth-order valence-corrected chi connectivity index (χ4v) is 3.56. The smallest absolute Gasteiger partial charge is 0.343 e. The first-order valence-electron chi connectivity index (χ1n) is 9.65. The van der Waals surface area contributed by atoms with E-state index in [0.29, 0.717) is 17.2 Å². The maximum atomic E-state index is 12.9. The number of amides is 2. The molecule has 1 aliphatic heterocycles. The quantitative estimate of drug-likeness (QED) is 0.302. The Morgan fingerprint density at radius 3 is 2.27 bits per heavy atom. The number of nitrogens with zero attached hydrogens (tertiary/aromatic N) is 1. The summed E-state index contributed by atoms with van der Waals surface area (Å²) in [4.78, 5) is 38.8. The predicted octanol–water partition coefficient (Wildman–Crippen LogP) is 5.00. The molecule has 0 fully saturated rings. The Morgan fingerprint density at radius 1 is 0.879 bits per heavy atom. The molecular formula is C24H16Cl2N2O5. The lowest BCUT2D eigenvalue weighted by Crippen LogP contribution is -2.32. The van der Waals surface area contributed by atoms with Crippen LogP contribution in [0.1, 0.15) is 10.4 Å². The molecule has 0 aromatic heterocycles. The van der Waals surface area contributed by atoms with Gasteiger partial charge in [0.15, 0.2) is 0 Å². The Hall–Kier alpha value is -3.81. The summed E-state index contributed by atoms with van der Waals surface area (Å²) in [5.74, 6) is -0.987. The van der Waals surface area contributed by atoms with Gasteiger partial charge in [0.2, 0.25) is 0 Å². The second-order valence-electron chi connectivity index (χ2n) is 6.86. The van der Waals surface area contributed by atoms with Crippen LogP contribution in [-0.4, -0.2) is 24.9 Å². The van der Waals surface area contributed by atoms with E-state index in [1.165, 1.54) is 19.2 Å². The Labute approximate surface area is 199 Å². The van der Waals surface area contributed by atoms with Crippen LogP contribution in [0.25, 0.3) is 0 Å². The number of ether oxygens (including phenoxy) is 2. The molecule has 0 atom stereocenters. The zero-order chi connectivity index (χ0) is 23.5. The number of rotatable bonds is 6. The maximum absolute atomic E-state index is 12.9. The van der Waals surface area contributed by atoms with Gasteiger partial charge in [-0.25, -0.2) is 9.69 Å². The fourth-order valence-electron chi connectivity index (χ4n) is 3.13. The number of hydrogen-bond donors (Lipinski definition) is 1. The number of methoxy groups -OCH3 is 1. The van der Waals surface area contributed by atoms with E-state index in [1.54, 1.807) is 60.7 Å². The van der Waals surface area contributed by atoms with Gasteiger partial charge in [0.1, 0.15) is 22.2 Å². The van der Waals surface area contributed by atoms with Crippen LogP contribution in [0, 0.1) is 0 Å². The number of halogens is 2. The van der Waals surface area contributed by atoms with Gasteiger partial charge in [0.05, 0.1) is 23.4 Å². The molecule has 0 saturated heterocycles. The number of para-hydroxylation sites is 1. The van der Waals surface area contributed by atoms with E-state index < -0.39 is 17.8 Å². The number of carbonyl (C=O) groups excluding carboxylic acids is 3. The van der Waals surface area contributed by atoms with Crippen LogP contribution in [0.3, 0.4) is 0 Å². The number of anilines is 2. The van der Waals surface area contributed by atoms with Crippen LogP contribution in [0.5, 0.6) is 11.5 Å². The van der Waals surface area contributed by atoms with Gasteiger partial charge in [0, 0.05) is 11.8 Å². The molecular weight excluding hydrogens is 467 g/mol. The van der Waals surface area contributed by atoms with E-state index in [4.69, 9.17) is 32.7 Å². The minimum Gasteiger partial charge on any atom is -0.497 e. The van der Waals surface area contributed by atoms with Crippen molar-refractivity contribution in [3.63, 3.8) is 0 Å². The molecule has 1 heterocycles. The van der Waals surface area contributed by atoms with Crippen LogP contribution in [0.2, 0.25) is 5.02 Å². The van der Waals surface area contributed by atoms with Gasteiger partial charge in [-0.2, -0.15) is 0 Å². The average Bonchev–Trinajstić information content (AvgIpc) is 3.03. The number of esters is 1. The fraction of sp³-hybridized carbons (Fsp3) is 0.0417. The van der Waals surface area contributed by atoms with Crippen molar-refractivity contribution in [1.82, 2.24) is 0 Å². The number of imide groups is 1. The molecule has 0 bridgehead atoms. The third-order valence-corrected chi connectivity index (χ3v) is 5.43. The SMILES string of the molecule is COc1cccc(OC(=O)c2ccc(NC3=C(Cl)C(=O)N(c4ccccc4Cl)C3=O)cc2)c1. The lowest BCUT2D eigenvalue weighted by atomic mass is 10.2. The Bertz CT molecular complexity index is 1290. The summed E-state index contributed by atoms with van der Waals surface area (Å²) in [5.41, 5.74) is 0.881. The summed E-state index contributed by atoms with van der Waals surface area (Å²) >= 11 is 12.3. The molecule has 2 amide bonds. The highest BCUT2D eigenvalue weighted by molar-refractivity contribution is 6.53. The van der Waals surface area contributed by atoms with E-state index in [-0.39, 0.29) is 27.0 Å². The Balaban J connectivity index is 1.48. The van der Waals surface area contributed by atoms with Crippen molar-refractivity contribution in [3.8, 4) is 11.5 Å². The lowest BCUT2D eigenvalue weighted by molar-refractivity contribution is -0.120. The zero-order valence-electron chi connectivity index (χ0n) is 17.2. The molecule has 33 heavy (non-hydrogen) atoms. The molecule has 9 heteroatoms. The number of carbonyl (C=O) groups is 3. The summed E-state index contributed by atoms with van der Waals surface area (Å²) in [7, 11) is 1.52. The van der Waals surface area contributed by atoms with Crippen molar-refractivity contribution in [2.75, 3.05) is 17.3 Å². The third-order valence-electron chi connectivity index (χ3n) is 4.76. The summed E-state index contributed by atoms with van der Waals surface area (Å²) in [6.07, 6.45) is 0. The molecule has 0 saturated carbocycles. The van der Waals surface area contributed by atoms with Gasteiger partial charge in [-0.3, -0.25) is 9.59 Å². The van der Waals surface area contributed by atoms with Crippen molar-refractivity contribution < 1.29 is 23.9 Å². The highest BCUT2D eigenvalue weighted by Crippen LogP contribution is 2.34. The van der Waals surface area contributed by atoms with Gasteiger partial charge < -0.3 is 14.8 Å². The normalized spacial score (nSPS) is 13.4. The summed E-state index contributed by atoms with van der Waals surface area (Å²) in [6.45, 7) is 0. The van der Waals surface area contributed by atoms with Crippen LogP contribution < -0.4 is 19.7 Å². The summed E-state index contributed by atoms with van der Waals surface area (Å²) < 4.78 is 10.5. The molecule has 1 aliphatic rings. The molecule has 3 aromatic rings. The predicted molar refractivity (Wildman–Crippen MR) is 125 cm³/mol. The average molecular weight is 483 g/mol. The molecule has 7 nitrogen and oxygen atoms in total. The number of nitrogens with one attached hydrogen (secondary N) is 1. The molecule has 1 N–H and O–H groups in total. The largest absolute Gasteiger partial charge is 0.497 e. The van der Waals surface area contributed by atoms with Crippen LogP contribution in [0.4, 0.5) is 11.4 Å². The van der Waals surface area contributed by atoms with Gasteiger partial charge in [-0.15, -0.1) is 0 Å². The molecule has 0 aliphatic carbocycles. The minimum atomic E-state index is -0.684. The summed E-state index contributed by atoms with van der Waals surface area (Å²) in [6, 6.07) is 19.3. The number of benzene rings is 3. The van der Waals surface area contributed by atoms with Gasteiger partial charge >= 0.3 is 5.97 Å². The maximum Gasteiger partial charge on any atom is 0.343 e. The second kappa shape index (κ2) is 9.36. The highest BCUT2D eigenvalue weighted by Gasteiger charge is 2.39.